The lowest BCUT2D eigenvalue weighted by Gasteiger charge is -2.14. The summed E-state index contributed by atoms with van der Waals surface area (Å²) in [6, 6.07) is 7.38. The molecule has 0 saturated heterocycles. The van der Waals surface area contributed by atoms with E-state index in [2.05, 4.69) is 4.98 Å². The summed E-state index contributed by atoms with van der Waals surface area (Å²) in [5.74, 6) is -0.462. The molecule has 0 radical (unpaired) electrons. The van der Waals surface area contributed by atoms with Gasteiger partial charge < -0.3 is 10.5 Å². The summed E-state index contributed by atoms with van der Waals surface area (Å²) in [6.07, 6.45) is 0. The molecule has 27 heavy (non-hydrogen) atoms. The first-order valence-electron chi connectivity index (χ1n) is 8.16. The minimum absolute atomic E-state index is 0.188. The molecule has 2 N–H and O–H groups in total. The number of carbonyl (C=O) groups excluding carboxylic acids is 1. The van der Waals surface area contributed by atoms with Crippen molar-refractivity contribution >= 4 is 50.8 Å². The van der Waals surface area contributed by atoms with Crippen molar-refractivity contribution in [3.8, 4) is 11.1 Å². The van der Waals surface area contributed by atoms with Crippen LogP contribution in [0.3, 0.4) is 0 Å². The van der Waals surface area contributed by atoms with Gasteiger partial charge in [0, 0.05) is 28.6 Å². The van der Waals surface area contributed by atoms with E-state index in [1.165, 1.54) is 27.7 Å². The molecule has 9 heteroatoms. The number of hydrogen-bond donors (Lipinski definition) is 1. The van der Waals surface area contributed by atoms with Gasteiger partial charge in [-0.1, -0.05) is 41.6 Å². The summed E-state index contributed by atoms with van der Waals surface area (Å²) in [6.45, 7) is 2.36. The number of methoxy groups -OCH3 is 1. The van der Waals surface area contributed by atoms with Gasteiger partial charge in [0.25, 0.3) is 5.56 Å². The number of hydrogen-bond acceptors (Lipinski definition) is 6. The van der Waals surface area contributed by atoms with E-state index in [1.54, 1.807) is 20.1 Å². The second kappa shape index (κ2) is 8.43. The number of aromatic nitrogens is 2. The smallest absolute Gasteiger partial charge is 0.263 e. The number of primary amides is 1. The van der Waals surface area contributed by atoms with E-state index in [9.17, 15) is 9.59 Å². The van der Waals surface area contributed by atoms with E-state index in [0.717, 1.165) is 11.1 Å². The zero-order valence-electron chi connectivity index (χ0n) is 14.8. The van der Waals surface area contributed by atoms with Crippen LogP contribution in [-0.2, 0) is 16.1 Å². The second-order valence-electron chi connectivity index (χ2n) is 5.82. The number of halogens is 1. The molecule has 6 nitrogen and oxygen atoms in total. The van der Waals surface area contributed by atoms with Crippen molar-refractivity contribution in [3.63, 3.8) is 0 Å². The van der Waals surface area contributed by atoms with Crippen molar-refractivity contribution in [2.24, 2.45) is 5.73 Å². The third-order valence-electron chi connectivity index (χ3n) is 4.02. The summed E-state index contributed by atoms with van der Waals surface area (Å²) < 4.78 is 6.66. The quantitative estimate of drug-likeness (QED) is 0.465. The summed E-state index contributed by atoms with van der Waals surface area (Å²) in [5.41, 5.74) is 6.72. The van der Waals surface area contributed by atoms with Crippen LogP contribution in [0.15, 0.2) is 39.6 Å². The Kier molecular flexibility index (Phi) is 6.21. The Morgan fingerprint density at radius 2 is 2.15 bits per heavy atom. The van der Waals surface area contributed by atoms with Crippen LogP contribution in [0.1, 0.15) is 6.92 Å². The highest BCUT2D eigenvalue weighted by molar-refractivity contribution is 8.00. The number of rotatable bonds is 7. The standard InChI is InChI=1S/C18H18ClN3O3S2/c1-10(15(20)23)27-18-21-16-14(17(24)22(18)7-8-25-2)12(9-26-16)11-5-3-4-6-13(11)19/h3-6,9-10H,7-8H2,1-2H3,(H2,20,23)/t10-/m0/s1. The molecular formula is C18H18ClN3O3S2. The van der Waals surface area contributed by atoms with Crippen molar-refractivity contribution in [1.29, 1.82) is 0 Å². The van der Waals surface area contributed by atoms with Gasteiger partial charge in [0.05, 0.1) is 23.8 Å². The number of thiophene rings is 1. The zero-order valence-corrected chi connectivity index (χ0v) is 17.2. The second-order valence-corrected chi connectivity index (χ2v) is 8.39. The Balaban J connectivity index is 2.21. The molecule has 3 rings (SSSR count). The van der Waals surface area contributed by atoms with Crippen molar-refractivity contribution in [3.05, 3.63) is 45.0 Å². The number of fused-ring (bicyclic) bond motifs is 1. The SMILES string of the molecule is COCCn1c(S[C@@H](C)C(N)=O)nc2scc(-c3ccccc3Cl)c2c1=O. The fraction of sp³-hybridized carbons (Fsp3) is 0.278. The number of benzene rings is 1. The number of thioether (sulfide) groups is 1. The Bertz CT molecular complexity index is 1050. The third kappa shape index (κ3) is 4.03. The number of ether oxygens (including phenoxy) is 1. The predicted molar refractivity (Wildman–Crippen MR) is 111 cm³/mol. The number of nitrogens with two attached hydrogens (primary N) is 1. The molecule has 0 spiro atoms. The lowest BCUT2D eigenvalue weighted by atomic mass is 10.1. The first kappa shape index (κ1) is 19.9. The molecule has 1 aromatic carbocycles. The fourth-order valence-electron chi connectivity index (χ4n) is 2.57. The molecule has 0 aliphatic carbocycles. The molecule has 0 saturated carbocycles. The van der Waals surface area contributed by atoms with Gasteiger partial charge in [-0.15, -0.1) is 11.3 Å². The van der Waals surface area contributed by atoms with Gasteiger partial charge in [0.15, 0.2) is 5.16 Å². The van der Waals surface area contributed by atoms with Crippen LogP contribution in [0.25, 0.3) is 21.3 Å². The first-order chi connectivity index (χ1) is 12.9. The van der Waals surface area contributed by atoms with Gasteiger partial charge in [0.1, 0.15) is 4.83 Å². The highest BCUT2D eigenvalue weighted by atomic mass is 35.5. The van der Waals surface area contributed by atoms with Crippen molar-refractivity contribution < 1.29 is 9.53 Å². The molecule has 142 valence electrons. The highest BCUT2D eigenvalue weighted by Crippen LogP contribution is 2.36. The van der Waals surface area contributed by atoms with Gasteiger partial charge in [0.2, 0.25) is 5.91 Å². The molecule has 0 aliphatic heterocycles. The van der Waals surface area contributed by atoms with Gasteiger partial charge in [-0.2, -0.15) is 0 Å². The van der Waals surface area contributed by atoms with Crippen LogP contribution in [-0.4, -0.2) is 34.4 Å². The summed E-state index contributed by atoms with van der Waals surface area (Å²) in [7, 11) is 1.57. The first-order valence-corrected chi connectivity index (χ1v) is 10.3. The lowest BCUT2D eigenvalue weighted by molar-refractivity contribution is -0.117. The summed E-state index contributed by atoms with van der Waals surface area (Å²) >= 11 is 8.86. The zero-order chi connectivity index (χ0) is 19.6. The monoisotopic (exact) mass is 423 g/mol. The van der Waals surface area contributed by atoms with Crippen molar-refractivity contribution in [2.45, 2.75) is 23.9 Å². The average molecular weight is 424 g/mol. The van der Waals surface area contributed by atoms with Crippen molar-refractivity contribution in [2.75, 3.05) is 13.7 Å². The van der Waals surface area contributed by atoms with E-state index in [4.69, 9.17) is 22.1 Å². The van der Waals surface area contributed by atoms with E-state index in [-0.39, 0.29) is 5.56 Å². The Morgan fingerprint density at radius 3 is 2.81 bits per heavy atom. The van der Waals surface area contributed by atoms with E-state index < -0.39 is 11.2 Å². The van der Waals surface area contributed by atoms with Crippen LogP contribution in [0, 0.1) is 0 Å². The Labute approximate surface area is 169 Å². The summed E-state index contributed by atoms with van der Waals surface area (Å²) in [5, 5.41) is 2.91. The lowest BCUT2D eigenvalue weighted by Crippen LogP contribution is -2.28. The number of nitrogens with zero attached hydrogens (tertiary/aromatic N) is 2. The predicted octanol–water partition coefficient (Wildman–Crippen LogP) is 3.39. The fourth-order valence-corrected chi connectivity index (χ4v) is 4.67. The minimum Gasteiger partial charge on any atom is -0.383 e. The molecule has 0 fully saturated rings. The molecule has 1 atom stereocenters. The topological polar surface area (TPSA) is 87.2 Å². The Hall–Kier alpha value is -1.87. The molecule has 2 aromatic heterocycles. The van der Waals surface area contributed by atoms with Gasteiger partial charge in [-0.05, 0) is 13.0 Å². The van der Waals surface area contributed by atoms with Crippen molar-refractivity contribution in [1.82, 2.24) is 9.55 Å². The van der Waals surface area contributed by atoms with Gasteiger partial charge in [-0.25, -0.2) is 4.98 Å². The van der Waals surface area contributed by atoms with E-state index >= 15 is 0 Å². The highest BCUT2D eigenvalue weighted by Gasteiger charge is 2.21. The maximum atomic E-state index is 13.3. The van der Waals surface area contributed by atoms with Crippen LogP contribution >= 0.6 is 34.7 Å². The van der Waals surface area contributed by atoms with Crippen LogP contribution < -0.4 is 11.3 Å². The van der Waals surface area contributed by atoms with E-state index in [0.29, 0.717) is 33.5 Å². The normalized spacial score (nSPS) is 12.4. The summed E-state index contributed by atoms with van der Waals surface area (Å²) in [4.78, 5) is 30.0. The van der Waals surface area contributed by atoms with Crippen LogP contribution in [0.5, 0.6) is 0 Å². The van der Waals surface area contributed by atoms with Crippen LogP contribution in [0.2, 0.25) is 5.02 Å². The maximum Gasteiger partial charge on any atom is 0.263 e. The van der Waals surface area contributed by atoms with Gasteiger partial charge in [-0.3, -0.25) is 14.2 Å². The van der Waals surface area contributed by atoms with Crippen LogP contribution in [0.4, 0.5) is 0 Å². The number of amides is 1. The molecule has 3 aromatic rings. The van der Waals surface area contributed by atoms with E-state index in [1.807, 2.05) is 23.6 Å². The average Bonchev–Trinajstić information content (AvgIpc) is 3.05. The minimum atomic E-state index is -0.508. The molecule has 2 heterocycles. The molecule has 0 bridgehead atoms. The maximum absolute atomic E-state index is 13.3. The molecule has 1 amide bonds. The molecule has 0 aliphatic rings. The number of carbonyl (C=O) groups is 1. The third-order valence-corrected chi connectivity index (χ3v) is 6.33. The Morgan fingerprint density at radius 1 is 1.41 bits per heavy atom. The molecule has 0 unspecified atom stereocenters. The van der Waals surface area contributed by atoms with Gasteiger partial charge >= 0.3 is 0 Å². The largest absolute Gasteiger partial charge is 0.383 e. The molecular weight excluding hydrogens is 406 g/mol.